The predicted octanol–water partition coefficient (Wildman–Crippen LogP) is 0.868. The highest BCUT2D eigenvalue weighted by Gasteiger charge is 2.03. The SMILES string of the molecule is CC(=O)NCc1cc(C)c2cnc(=O)[nH]c2c1. The van der Waals surface area contributed by atoms with Crippen LogP contribution in [0.4, 0.5) is 0 Å². The van der Waals surface area contributed by atoms with Crippen LogP contribution in [0.15, 0.2) is 23.1 Å². The van der Waals surface area contributed by atoms with Crippen molar-refractivity contribution in [1.82, 2.24) is 15.3 Å². The lowest BCUT2D eigenvalue weighted by Gasteiger charge is -2.07. The standard InChI is InChI=1S/C12H13N3O2/c1-7-3-9(5-13-8(2)16)4-11-10(7)6-14-12(17)15-11/h3-4,6H,5H2,1-2H3,(H,13,16)(H,14,15,17). The minimum Gasteiger partial charge on any atom is -0.352 e. The van der Waals surface area contributed by atoms with Gasteiger partial charge in [0, 0.05) is 25.1 Å². The summed E-state index contributed by atoms with van der Waals surface area (Å²) in [6, 6.07) is 3.82. The molecule has 0 radical (unpaired) electrons. The molecule has 0 atom stereocenters. The number of benzene rings is 1. The Balaban J connectivity index is 2.46. The van der Waals surface area contributed by atoms with Gasteiger partial charge in [-0.25, -0.2) is 9.78 Å². The molecule has 0 saturated heterocycles. The van der Waals surface area contributed by atoms with Crippen molar-refractivity contribution in [2.45, 2.75) is 20.4 Å². The quantitative estimate of drug-likeness (QED) is 0.805. The summed E-state index contributed by atoms with van der Waals surface area (Å²) in [6.07, 6.45) is 1.56. The second kappa shape index (κ2) is 4.37. The highest BCUT2D eigenvalue weighted by Crippen LogP contribution is 2.16. The zero-order valence-electron chi connectivity index (χ0n) is 9.70. The first kappa shape index (κ1) is 11.3. The Kier molecular flexibility index (Phi) is 2.91. The third-order valence-corrected chi connectivity index (χ3v) is 2.54. The van der Waals surface area contributed by atoms with Gasteiger partial charge < -0.3 is 10.3 Å². The maximum atomic E-state index is 11.1. The Morgan fingerprint density at radius 2 is 2.24 bits per heavy atom. The molecular weight excluding hydrogens is 218 g/mol. The van der Waals surface area contributed by atoms with Crippen LogP contribution in [0.25, 0.3) is 10.9 Å². The normalized spacial score (nSPS) is 10.5. The van der Waals surface area contributed by atoms with Gasteiger partial charge in [-0.15, -0.1) is 0 Å². The number of H-pyrrole nitrogens is 1. The van der Waals surface area contributed by atoms with E-state index in [0.29, 0.717) is 6.54 Å². The minimum absolute atomic E-state index is 0.0778. The van der Waals surface area contributed by atoms with E-state index < -0.39 is 0 Å². The number of amides is 1. The fraction of sp³-hybridized carbons (Fsp3) is 0.250. The Bertz CT molecular complexity index is 631. The van der Waals surface area contributed by atoms with Crippen LogP contribution in [-0.4, -0.2) is 15.9 Å². The first-order valence-electron chi connectivity index (χ1n) is 5.29. The number of rotatable bonds is 2. The predicted molar refractivity (Wildman–Crippen MR) is 64.6 cm³/mol. The molecule has 0 spiro atoms. The van der Waals surface area contributed by atoms with E-state index in [2.05, 4.69) is 15.3 Å². The zero-order valence-corrected chi connectivity index (χ0v) is 9.70. The molecule has 5 nitrogen and oxygen atoms in total. The van der Waals surface area contributed by atoms with Gasteiger partial charge in [0.05, 0.1) is 5.52 Å². The van der Waals surface area contributed by atoms with Crippen molar-refractivity contribution in [2.24, 2.45) is 0 Å². The molecule has 0 aliphatic carbocycles. The molecule has 17 heavy (non-hydrogen) atoms. The maximum absolute atomic E-state index is 11.1. The van der Waals surface area contributed by atoms with Crippen molar-refractivity contribution in [3.8, 4) is 0 Å². The molecule has 0 unspecified atom stereocenters. The zero-order chi connectivity index (χ0) is 12.4. The lowest BCUT2D eigenvalue weighted by molar-refractivity contribution is -0.119. The van der Waals surface area contributed by atoms with Crippen molar-refractivity contribution < 1.29 is 4.79 Å². The number of hydrogen-bond acceptors (Lipinski definition) is 3. The topological polar surface area (TPSA) is 74.8 Å². The second-order valence-corrected chi connectivity index (χ2v) is 3.97. The third-order valence-electron chi connectivity index (χ3n) is 2.54. The maximum Gasteiger partial charge on any atom is 0.345 e. The van der Waals surface area contributed by atoms with E-state index >= 15 is 0 Å². The summed E-state index contributed by atoms with van der Waals surface area (Å²) in [5.41, 5.74) is 2.34. The van der Waals surface area contributed by atoms with E-state index in [-0.39, 0.29) is 11.6 Å². The molecule has 0 saturated carbocycles. The fourth-order valence-electron chi connectivity index (χ4n) is 1.75. The van der Waals surface area contributed by atoms with Crippen molar-refractivity contribution in [2.75, 3.05) is 0 Å². The number of carbonyl (C=O) groups excluding carboxylic acids is 1. The first-order chi connectivity index (χ1) is 8.06. The Hall–Kier alpha value is -2.17. The van der Waals surface area contributed by atoms with Gasteiger partial charge in [0.1, 0.15) is 0 Å². The average molecular weight is 231 g/mol. The minimum atomic E-state index is -0.367. The summed E-state index contributed by atoms with van der Waals surface area (Å²) in [7, 11) is 0. The van der Waals surface area contributed by atoms with E-state index in [1.807, 2.05) is 19.1 Å². The van der Waals surface area contributed by atoms with E-state index in [1.165, 1.54) is 6.92 Å². The summed E-state index contributed by atoms with van der Waals surface area (Å²) in [4.78, 5) is 28.3. The number of hydrogen-bond donors (Lipinski definition) is 2. The fourth-order valence-corrected chi connectivity index (χ4v) is 1.75. The number of carbonyl (C=O) groups is 1. The molecule has 88 valence electrons. The number of aryl methyl sites for hydroxylation is 1. The van der Waals surface area contributed by atoms with E-state index in [9.17, 15) is 9.59 Å². The number of fused-ring (bicyclic) bond motifs is 1. The highest BCUT2D eigenvalue weighted by atomic mass is 16.1. The molecular formula is C12H13N3O2. The average Bonchev–Trinajstić information content (AvgIpc) is 2.25. The Labute approximate surface area is 97.9 Å². The molecule has 1 aromatic carbocycles. The van der Waals surface area contributed by atoms with Crippen LogP contribution in [0.2, 0.25) is 0 Å². The Morgan fingerprint density at radius 3 is 2.94 bits per heavy atom. The van der Waals surface area contributed by atoms with Gasteiger partial charge in [-0.3, -0.25) is 4.79 Å². The van der Waals surface area contributed by atoms with E-state index in [0.717, 1.165) is 22.0 Å². The molecule has 2 rings (SSSR count). The van der Waals surface area contributed by atoms with Gasteiger partial charge in [0.15, 0.2) is 0 Å². The molecule has 1 heterocycles. The summed E-state index contributed by atoms with van der Waals surface area (Å²) in [5, 5.41) is 3.63. The number of aromatic nitrogens is 2. The smallest absolute Gasteiger partial charge is 0.345 e. The lowest BCUT2D eigenvalue weighted by atomic mass is 10.1. The molecule has 0 fully saturated rings. The van der Waals surface area contributed by atoms with Gasteiger partial charge in [-0.05, 0) is 24.1 Å². The van der Waals surface area contributed by atoms with E-state index in [4.69, 9.17) is 0 Å². The van der Waals surface area contributed by atoms with Crippen LogP contribution in [0.1, 0.15) is 18.1 Å². The monoisotopic (exact) mass is 231 g/mol. The van der Waals surface area contributed by atoms with Crippen LogP contribution in [0, 0.1) is 6.92 Å². The second-order valence-electron chi connectivity index (χ2n) is 3.97. The molecule has 0 aliphatic heterocycles. The van der Waals surface area contributed by atoms with Gasteiger partial charge in [0.2, 0.25) is 5.91 Å². The van der Waals surface area contributed by atoms with Gasteiger partial charge in [-0.1, -0.05) is 6.07 Å². The molecule has 1 aromatic heterocycles. The van der Waals surface area contributed by atoms with E-state index in [1.54, 1.807) is 6.20 Å². The molecule has 0 aliphatic rings. The molecule has 2 aromatic rings. The van der Waals surface area contributed by atoms with Gasteiger partial charge >= 0.3 is 5.69 Å². The largest absolute Gasteiger partial charge is 0.352 e. The van der Waals surface area contributed by atoms with Crippen molar-refractivity contribution in [3.63, 3.8) is 0 Å². The summed E-state index contributed by atoms with van der Waals surface area (Å²) in [5.74, 6) is -0.0778. The lowest BCUT2D eigenvalue weighted by Crippen LogP contribution is -2.19. The van der Waals surface area contributed by atoms with Crippen LogP contribution in [-0.2, 0) is 11.3 Å². The summed E-state index contributed by atoms with van der Waals surface area (Å²) < 4.78 is 0. The van der Waals surface area contributed by atoms with Gasteiger partial charge in [0.25, 0.3) is 0 Å². The van der Waals surface area contributed by atoms with Crippen LogP contribution >= 0.6 is 0 Å². The molecule has 0 bridgehead atoms. The van der Waals surface area contributed by atoms with Crippen molar-refractivity contribution in [1.29, 1.82) is 0 Å². The van der Waals surface area contributed by atoms with Crippen molar-refractivity contribution in [3.05, 3.63) is 39.9 Å². The van der Waals surface area contributed by atoms with Gasteiger partial charge in [-0.2, -0.15) is 0 Å². The highest BCUT2D eigenvalue weighted by molar-refractivity contribution is 5.82. The molecule has 5 heteroatoms. The number of nitrogens with zero attached hydrogens (tertiary/aromatic N) is 1. The third kappa shape index (κ3) is 2.50. The summed E-state index contributed by atoms with van der Waals surface area (Å²) >= 11 is 0. The summed E-state index contributed by atoms with van der Waals surface area (Å²) in [6.45, 7) is 3.87. The molecule has 1 amide bonds. The number of aromatic amines is 1. The molecule has 2 N–H and O–H groups in total. The van der Waals surface area contributed by atoms with Crippen LogP contribution < -0.4 is 11.0 Å². The number of nitrogens with one attached hydrogen (secondary N) is 2. The van der Waals surface area contributed by atoms with Crippen molar-refractivity contribution >= 4 is 16.8 Å². The van der Waals surface area contributed by atoms with Crippen LogP contribution in [0.3, 0.4) is 0 Å². The Morgan fingerprint density at radius 1 is 1.47 bits per heavy atom. The van der Waals surface area contributed by atoms with Crippen LogP contribution in [0.5, 0.6) is 0 Å². The first-order valence-corrected chi connectivity index (χ1v) is 5.29.